The number of benzene rings is 4. The molecular formula is C46H58N2. The second-order valence-corrected chi connectivity index (χ2v) is 13.6. The van der Waals surface area contributed by atoms with Crippen LogP contribution in [-0.4, -0.2) is 26.2 Å². The van der Waals surface area contributed by atoms with Crippen LogP contribution in [0.4, 0.5) is 11.4 Å². The molecule has 0 spiro atoms. The average Bonchev–Trinajstić information content (AvgIpc) is 3.13. The van der Waals surface area contributed by atoms with Crippen molar-refractivity contribution in [3.8, 4) is 11.1 Å². The summed E-state index contributed by atoms with van der Waals surface area (Å²) in [4.78, 5) is 5.10. The van der Waals surface area contributed by atoms with Crippen molar-refractivity contribution in [2.24, 2.45) is 0 Å². The number of aryl methyl sites for hydroxylation is 2. The molecule has 4 aromatic rings. The average molecular weight is 639 g/mol. The summed E-state index contributed by atoms with van der Waals surface area (Å²) in [7, 11) is 0. The molecule has 252 valence electrons. The van der Waals surface area contributed by atoms with E-state index in [0.29, 0.717) is 0 Å². The molecule has 48 heavy (non-hydrogen) atoms. The molecule has 1 aliphatic rings. The van der Waals surface area contributed by atoms with Gasteiger partial charge in [0.2, 0.25) is 0 Å². The van der Waals surface area contributed by atoms with Crippen LogP contribution in [0.2, 0.25) is 0 Å². The lowest BCUT2D eigenvalue weighted by Gasteiger charge is -2.24. The van der Waals surface area contributed by atoms with Crippen molar-refractivity contribution in [3.63, 3.8) is 0 Å². The van der Waals surface area contributed by atoms with Gasteiger partial charge in [0, 0.05) is 37.6 Å². The molecule has 0 aliphatic heterocycles. The third kappa shape index (κ3) is 9.75. The number of anilines is 2. The zero-order valence-electron chi connectivity index (χ0n) is 30.2. The number of fused-ring (bicyclic) bond motifs is 3. The van der Waals surface area contributed by atoms with Crippen LogP contribution in [0, 0.1) is 0 Å². The molecule has 0 saturated heterocycles. The van der Waals surface area contributed by atoms with E-state index in [4.69, 9.17) is 0 Å². The molecule has 2 nitrogen and oxygen atoms in total. The van der Waals surface area contributed by atoms with Crippen molar-refractivity contribution >= 4 is 35.7 Å². The van der Waals surface area contributed by atoms with Crippen molar-refractivity contribution < 1.29 is 0 Å². The van der Waals surface area contributed by atoms with Gasteiger partial charge in [-0.15, -0.1) is 0 Å². The van der Waals surface area contributed by atoms with E-state index in [1.807, 2.05) is 0 Å². The Morgan fingerprint density at radius 1 is 0.417 bits per heavy atom. The molecule has 4 aromatic carbocycles. The Morgan fingerprint density at radius 3 is 1.06 bits per heavy atom. The Labute approximate surface area is 292 Å². The maximum atomic E-state index is 2.55. The number of rotatable bonds is 18. The normalized spacial score (nSPS) is 12.4. The zero-order valence-corrected chi connectivity index (χ0v) is 30.2. The summed E-state index contributed by atoms with van der Waals surface area (Å²) in [5.41, 5.74) is 13.4. The number of hydrogen-bond donors (Lipinski definition) is 0. The van der Waals surface area contributed by atoms with Gasteiger partial charge in [0.1, 0.15) is 0 Å². The molecule has 0 fully saturated rings. The fourth-order valence-electron chi connectivity index (χ4n) is 6.76. The third-order valence-corrected chi connectivity index (χ3v) is 9.79. The first-order chi connectivity index (χ1) is 23.6. The Bertz CT molecular complexity index is 1470. The Morgan fingerprint density at radius 2 is 0.729 bits per heavy atom. The van der Waals surface area contributed by atoms with Gasteiger partial charge in [0.15, 0.2) is 0 Å². The lowest BCUT2D eigenvalue weighted by atomic mass is 9.84. The second-order valence-electron chi connectivity index (χ2n) is 13.6. The molecule has 0 aromatic heterocycles. The molecule has 0 unspecified atom stereocenters. The van der Waals surface area contributed by atoms with Crippen LogP contribution in [0.3, 0.4) is 0 Å². The van der Waals surface area contributed by atoms with E-state index in [1.165, 1.54) is 107 Å². The standard InChI is InChI=1S/C46H58N2/c1-5-9-31-47(32-10-6-2)43-25-17-37(18-26-43)13-15-39-21-29-45-41(35-39)23-24-42-36-40(22-30-46(42)45)16-14-38-19-27-44(28-20-38)48(33-11-7-3)34-12-8-4/h13-22,25-30,35-36H,5-12,23-24,31-34H2,1-4H3/b15-13+,16-14+. The molecule has 0 radical (unpaired) electrons. The highest BCUT2D eigenvalue weighted by Gasteiger charge is 2.16. The first kappa shape index (κ1) is 35.3. The Balaban J connectivity index is 1.22. The van der Waals surface area contributed by atoms with Gasteiger partial charge < -0.3 is 9.80 Å². The minimum Gasteiger partial charge on any atom is -0.372 e. The molecule has 5 rings (SSSR count). The van der Waals surface area contributed by atoms with Gasteiger partial charge in [0.05, 0.1) is 0 Å². The van der Waals surface area contributed by atoms with Crippen molar-refractivity contribution in [2.45, 2.75) is 91.9 Å². The monoisotopic (exact) mass is 638 g/mol. The number of hydrogen-bond acceptors (Lipinski definition) is 2. The molecule has 2 heteroatoms. The molecule has 0 N–H and O–H groups in total. The first-order valence-corrected chi connectivity index (χ1v) is 18.9. The van der Waals surface area contributed by atoms with Crippen LogP contribution >= 0.6 is 0 Å². The lowest BCUT2D eigenvalue weighted by Crippen LogP contribution is -2.25. The largest absolute Gasteiger partial charge is 0.372 e. The number of unbranched alkanes of at least 4 members (excludes halogenated alkanes) is 4. The summed E-state index contributed by atoms with van der Waals surface area (Å²) < 4.78 is 0. The van der Waals surface area contributed by atoms with Gasteiger partial charge in [0.25, 0.3) is 0 Å². The molecule has 0 bridgehead atoms. The van der Waals surface area contributed by atoms with Crippen molar-refractivity contribution in [3.05, 3.63) is 118 Å². The predicted octanol–water partition coefficient (Wildman–Crippen LogP) is 12.6. The minimum atomic E-state index is 1.09. The van der Waals surface area contributed by atoms with Gasteiger partial charge in [-0.3, -0.25) is 0 Å². The van der Waals surface area contributed by atoms with Crippen molar-refractivity contribution in [2.75, 3.05) is 36.0 Å². The van der Waals surface area contributed by atoms with Crippen molar-refractivity contribution in [1.29, 1.82) is 0 Å². The van der Waals surface area contributed by atoms with Crippen LogP contribution in [0.15, 0.2) is 84.9 Å². The smallest absolute Gasteiger partial charge is 0.0366 e. The molecule has 0 heterocycles. The van der Waals surface area contributed by atoms with Crippen LogP contribution in [0.25, 0.3) is 35.4 Å². The maximum Gasteiger partial charge on any atom is 0.0366 e. The highest BCUT2D eigenvalue weighted by atomic mass is 15.1. The Hall–Kier alpha value is -4.04. The van der Waals surface area contributed by atoms with Gasteiger partial charge in [-0.25, -0.2) is 0 Å². The number of nitrogens with zero attached hydrogens (tertiary/aromatic N) is 2. The summed E-state index contributed by atoms with van der Waals surface area (Å²) >= 11 is 0. The zero-order chi connectivity index (χ0) is 33.6. The van der Waals surface area contributed by atoms with Gasteiger partial charge in [-0.2, -0.15) is 0 Å². The highest BCUT2D eigenvalue weighted by Crippen LogP contribution is 2.35. The molecule has 0 amide bonds. The van der Waals surface area contributed by atoms with Gasteiger partial charge >= 0.3 is 0 Å². The summed E-state index contributed by atoms with van der Waals surface area (Å²) in [5, 5.41) is 0. The van der Waals surface area contributed by atoms with Gasteiger partial charge in [-0.05, 0) is 107 Å². The topological polar surface area (TPSA) is 6.48 Å². The Kier molecular flexibility index (Phi) is 13.6. The van der Waals surface area contributed by atoms with Crippen LogP contribution in [0.5, 0.6) is 0 Å². The van der Waals surface area contributed by atoms with Crippen molar-refractivity contribution in [1.82, 2.24) is 0 Å². The van der Waals surface area contributed by atoms with E-state index in [9.17, 15) is 0 Å². The quantitative estimate of drug-likeness (QED) is 0.100. The van der Waals surface area contributed by atoms with Gasteiger partial charge in [-0.1, -0.05) is 138 Å². The fraction of sp³-hybridized carbons (Fsp3) is 0.391. The van der Waals surface area contributed by atoms with E-state index >= 15 is 0 Å². The fourth-order valence-corrected chi connectivity index (χ4v) is 6.76. The summed E-state index contributed by atoms with van der Waals surface area (Å²) in [5.74, 6) is 0. The molecule has 0 saturated carbocycles. The predicted molar refractivity (Wildman–Crippen MR) is 214 cm³/mol. The summed E-state index contributed by atoms with van der Waals surface area (Å²) in [6, 6.07) is 32.3. The minimum absolute atomic E-state index is 1.09. The lowest BCUT2D eigenvalue weighted by molar-refractivity contribution is 0.678. The van der Waals surface area contributed by atoms with Crippen LogP contribution in [-0.2, 0) is 12.8 Å². The van der Waals surface area contributed by atoms with E-state index in [-0.39, 0.29) is 0 Å². The van der Waals surface area contributed by atoms with Crippen LogP contribution in [0.1, 0.15) is 112 Å². The summed E-state index contributed by atoms with van der Waals surface area (Å²) in [6.45, 7) is 13.7. The molecule has 0 atom stereocenters. The van der Waals surface area contributed by atoms with E-state index in [1.54, 1.807) is 0 Å². The SMILES string of the molecule is CCCCN(CCCC)c1ccc(/C=C/c2ccc3c(c2)CCc2cc(/C=C/c4ccc(N(CCCC)CCCC)cc4)ccc2-3)cc1. The highest BCUT2D eigenvalue weighted by molar-refractivity contribution is 5.79. The molecule has 1 aliphatic carbocycles. The van der Waals surface area contributed by atoms with E-state index in [0.717, 1.165) is 39.0 Å². The van der Waals surface area contributed by atoms with E-state index < -0.39 is 0 Å². The third-order valence-electron chi connectivity index (χ3n) is 9.79. The summed E-state index contributed by atoms with van der Waals surface area (Å²) in [6.07, 6.45) is 21.2. The maximum absolute atomic E-state index is 2.55. The van der Waals surface area contributed by atoms with E-state index in [2.05, 4.69) is 147 Å². The van der Waals surface area contributed by atoms with Crippen LogP contribution < -0.4 is 9.80 Å². The second kappa shape index (κ2) is 18.5. The first-order valence-electron chi connectivity index (χ1n) is 18.9. The molecular weight excluding hydrogens is 581 g/mol.